The molecule has 1 atom stereocenters. The number of aromatic nitrogens is 1. The summed E-state index contributed by atoms with van der Waals surface area (Å²) >= 11 is 7.26. The van der Waals surface area contributed by atoms with Crippen LogP contribution in [0.5, 0.6) is 0 Å². The van der Waals surface area contributed by atoms with Crippen LogP contribution in [-0.4, -0.2) is 10.1 Å². The van der Waals surface area contributed by atoms with Crippen molar-refractivity contribution in [3.8, 4) is 0 Å². The average Bonchev–Trinajstić information content (AvgIpc) is 2.94. The van der Waals surface area contributed by atoms with Gasteiger partial charge in [-0.1, -0.05) is 12.1 Å². The zero-order valence-corrected chi connectivity index (χ0v) is 10.9. The topological polar surface area (TPSA) is 46.3 Å². The van der Waals surface area contributed by atoms with E-state index in [0.717, 1.165) is 15.2 Å². The first-order valence-electron chi connectivity index (χ1n) is 5.50. The molecule has 0 bridgehead atoms. The lowest BCUT2D eigenvalue weighted by Gasteiger charge is -2.04. The van der Waals surface area contributed by atoms with Crippen LogP contribution in [0.25, 0.3) is 10.2 Å². The van der Waals surface area contributed by atoms with Crippen LogP contribution in [0.15, 0.2) is 40.8 Å². The van der Waals surface area contributed by atoms with E-state index >= 15 is 0 Å². The number of aliphatic hydroxyl groups is 1. The summed E-state index contributed by atoms with van der Waals surface area (Å²) in [6.07, 6.45) is -0.276. The Kier molecular flexibility index (Phi) is 3.07. The van der Waals surface area contributed by atoms with Gasteiger partial charge in [0.15, 0.2) is 5.22 Å². The molecule has 0 saturated heterocycles. The number of halogens is 1. The summed E-state index contributed by atoms with van der Waals surface area (Å²) in [5.41, 5.74) is 0.960. The fourth-order valence-corrected chi connectivity index (χ4v) is 2.94. The van der Waals surface area contributed by atoms with Gasteiger partial charge in [-0.15, -0.1) is 11.3 Å². The second-order valence-corrected chi connectivity index (χ2v) is 5.42. The molecule has 0 spiro atoms. The lowest BCUT2D eigenvalue weighted by atomic mass is 10.2. The van der Waals surface area contributed by atoms with E-state index in [1.54, 1.807) is 23.5 Å². The van der Waals surface area contributed by atoms with Gasteiger partial charge in [0.05, 0.1) is 15.2 Å². The maximum Gasteiger partial charge on any atom is 0.193 e. The van der Waals surface area contributed by atoms with E-state index < -0.39 is 6.10 Å². The highest BCUT2D eigenvalue weighted by molar-refractivity contribution is 7.18. The molecule has 3 aromatic rings. The molecular weight excluding hydrogens is 270 g/mol. The van der Waals surface area contributed by atoms with Gasteiger partial charge in [-0.2, -0.15) is 0 Å². The van der Waals surface area contributed by atoms with Crippen LogP contribution < -0.4 is 0 Å². The minimum atomic E-state index is -0.710. The Bertz CT molecular complexity index is 643. The van der Waals surface area contributed by atoms with Gasteiger partial charge in [0.25, 0.3) is 0 Å². The zero-order chi connectivity index (χ0) is 12.5. The molecule has 0 aliphatic rings. The fraction of sp³-hybridized carbons (Fsp3) is 0.154. The zero-order valence-electron chi connectivity index (χ0n) is 9.34. The summed E-state index contributed by atoms with van der Waals surface area (Å²) < 4.78 is 6.31. The lowest BCUT2D eigenvalue weighted by molar-refractivity contribution is 0.150. The summed E-state index contributed by atoms with van der Waals surface area (Å²) in [5, 5.41) is 11.2. The van der Waals surface area contributed by atoms with Crippen molar-refractivity contribution in [3.63, 3.8) is 0 Å². The lowest BCUT2D eigenvalue weighted by Crippen LogP contribution is -1.99. The molecule has 0 saturated carbocycles. The third kappa shape index (κ3) is 2.27. The van der Waals surface area contributed by atoms with E-state index in [0.29, 0.717) is 12.2 Å². The number of hydrogen-bond acceptors (Lipinski definition) is 4. The summed E-state index contributed by atoms with van der Waals surface area (Å²) in [4.78, 5) is 4.47. The molecule has 1 N–H and O–H groups in total. The fourth-order valence-electron chi connectivity index (χ4n) is 1.78. The standard InChI is InChI=1S/C13H10ClNO2S/c14-12-6-5-10(17-12)9(16)7-13-15-8-3-1-2-4-11(8)18-13/h1-6,9,16H,7H2. The first-order valence-corrected chi connectivity index (χ1v) is 6.69. The number of benzene rings is 1. The highest BCUT2D eigenvalue weighted by Gasteiger charge is 2.15. The van der Waals surface area contributed by atoms with Gasteiger partial charge in [-0.3, -0.25) is 0 Å². The van der Waals surface area contributed by atoms with Gasteiger partial charge < -0.3 is 9.52 Å². The maximum atomic E-state index is 10.0. The summed E-state index contributed by atoms with van der Waals surface area (Å²) in [5.74, 6) is 0.472. The molecule has 92 valence electrons. The molecular formula is C13H10ClNO2S. The van der Waals surface area contributed by atoms with Crippen molar-refractivity contribution in [1.29, 1.82) is 0 Å². The summed E-state index contributed by atoms with van der Waals surface area (Å²) in [7, 11) is 0. The molecule has 0 amide bonds. The second-order valence-electron chi connectivity index (χ2n) is 3.94. The van der Waals surface area contributed by atoms with Gasteiger partial charge in [-0.25, -0.2) is 4.98 Å². The van der Waals surface area contributed by atoms with E-state index in [2.05, 4.69) is 4.98 Å². The van der Waals surface area contributed by atoms with Crippen molar-refractivity contribution in [2.45, 2.75) is 12.5 Å². The first kappa shape index (κ1) is 11.7. The van der Waals surface area contributed by atoms with Crippen LogP contribution in [0.2, 0.25) is 5.22 Å². The molecule has 0 aliphatic carbocycles. The van der Waals surface area contributed by atoms with E-state index in [1.165, 1.54) is 0 Å². The van der Waals surface area contributed by atoms with Crippen LogP contribution >= 0.6 is 22.9 Å². The Morgan fingerprint density at radius 2 is 2.11 bits per heavy atom. The van der Waals surface area contributed by atoms with E-state index in [-0.39, 0.29) is 5.22 Å². The quantitative estimate of drug-likeness (QED) is 0.793. The van der Waals surface area contributed by atoms with Crippen molar-refractivity contribution in [2.75, 3.05) is 0 Å². The summed E-state index contributed by atoms with van der Waals surface area (Å²) in [6.45, 7) is 0. The van der Waals surface area contributed by atoms with Gasteiger partial charge in [0.2, 0.25) is 0 Å². The molecule has 5 heteroatoms. The Hall–Kier alpha value is -1.36. The van der Waals surface area contributed by atoms with Gasteiger partial charge >= 0.3 is 0 Å². The van der Waals surface area contributed by atoms with Crippen molar-refractivity contribution >= 4 is 33.2 Å². The van der Waals surface area contributed by atoms with E-state index in [4.69, 9.17) is 16.0 Å². The molecule has 3 nitrogen and oxygen atoms in total. The number of fused-ring (bicyclic) bond motifs is 1. The van der Waals surface area contributed by atoms with E-state index in [1.807, 2.05) is 24.3 Å². The van der Waals surface area contributed by atoms with Crippen molar-refractivity contribution in [2.24, 2.45) is 0 Å². The molecule has 0 aliphatic heterocycles. The van der Waals surface area contributed by atoms with Crippen molar-refractivity contribution in [3.05, 3.63) is 52.4 Å². The normalized spacial score (nSPS) is 13.0. The number of furan rings is 1. The Labute approximate surface area is 113 Å². The van der Waals surface area contributed by atoms with Gasteiger partial charge in [-0.05, 0) is 35.9 Å². The molecule has 0 fully saturated rings. The maximum absolute atomic E-state index is 10.0. The number of hydrogen-bond donors (Lipinski definition) is 1. The largest absolute Gasteiger partial charge is 0.447 e. The van der Waals surface area contributed by atoms with Crippen LogP contribution in [-0.2, 0) is 6.42 Å². The second kappa shape index (κ2) is 4.72. The molecule has 1 aromatic carbocycles. The third-order valence-electron chi connectivity index (χ3n) is 2.63. The summed E-state index contributed by atoms with van der Waals surface area (Å²) in [6, 6.07) is 11.2. The Morgan fingerprint density at radius 1 is 1.28 bits per heavy atom. The van der Waals surface area contributed by atoms with E-state index in [9.17, 15) is 5.11 Å². The Balaban J connectivity index is 1.83. The minimum Gasteiger partial charge on any atom is -0.447 e. The predicted octanol–water partition coefficient (Wildman–Crippen LogP) is 3.82. The number of aliphatic hydroxyl groups excluding tert-OH is 1. The molecule has 2 aromatic heterocycles. The Morgan fingerprint density at radius 3 is 2.83 bits per heavy atom. The SMILES string of the molecule is OC(Cc1nc2ccccc2s1)c1ccc(Cl)o1. The van der Waals surface area contributed by atoms with Crippen LogP contribution in [0.3, 0.4) is 0 Å². The minimum absolute atomic E-state index is 0.286. The first-order chi connectivity index (χ1) is 8.72. The smallest absolute Gasteiger partial charge is 0.193 e. The number of nitrogens with zero attached hydrogens (tertiary/aromatic N) is 1. The van der Waals surface area contributed by atoms with Crippen LogP contribution in [0.1, 0.15) is 16.9 Å². The van der Waals surface area contributed by atoms with Gasteiger partial charge in [0, 0.05) is 6.42 Å². The monoisotopic (exact) mass is 279 g/mol. The van der Waals surface area contributed by atoms with Crippen LogP contribution in [0, 0.1) is 0 Å². The average molecular weight is 280 g/mol. The predicted molar refractivity (Wildman–Crippen MR) is 72.0 cm³/mol. The van der Waals surface area contributed by atoms with Gasteiger partial charge in [0.1, 0.15) is 11.9 Å². The molecule has 1 unspecified atom stereocenters. The number of thiazole rings is 1. The highest BCUT2D eigenvalue weighted by Crippen LogP contribution is 2.27. The molecule has 2 heterocycles. The van der Waals surface area contributed by atoms with Crippen molar-refractivity contribution in [1.82, 2.24) is 4.98 Å². The molecule has 18 heavy (non-hydrogen) atoms. The highest BCUT2D eigenvalue weighted by atomic mass is 35.5. The van der Waals surface area contributed by atoms with Crippen molar-refractivity contribution < 1.29 is 9.52 Å². The van der Waals surface area contributed by atoms with Crippen LogP contribution in [0.4, 0.5) is 0 Å². The number of rotatable bonds is 3. The third-order valence-corrected chi connectivity index (χ3v) is 3.89. The molecule has 3 rings (SSSR count). The number of para-hydroxylation sites is 1. The molecule has 0 radical (unpaired) electrons.